The molecule has 3 N–H and O–H groups in total. The van der Waals surface area contributed by atoms with Gasteiger partial charge >= 0.3 is 0 Å². The molecular weight excluding hydrogens is 432 g/mol. The molecule has 172 valence electrons. The Bertz CT molecular complexity index is 1400. The van der Waals surface area contributed by atoms with E-state index in [1.165, 1.54) is 7.11 Å². The van der Waals surface area contributed by atoms with Gasteiger partial charge in [0.25, 0.3) is 5.91 Å². The second-order valence-electron chi connectivity index (χ2n) is 8.47. The Balaban J connectivity index is 1.71. The first kappa shape index (κ1) is 21.5. The number of aromatic amines is 1. The maximum atomic E-state index is 13.6. The van der Waals surface area contributed by atoms with E-state index in [0.29, 0.717) is 34.8 Å². The smallest absolute Gasteiger partial charge is 0.273 e. The first-order valence-electron chi connectivity index (χ1n) is 10.8. The Morgan fingerprint density at radius 3 is 2.71 bits per heavy atom. The molecule has 1 atom stereocenters. The summed E-state index contributed by atoms with van der Waals surface area (Å²) in [5, 5.41) is 28.4. The minimum absolute atomic E-state index is 0.00831. The van der Waals surface area contributed by atoms with E-state index in [-0.39, 0.29) is 17.4 Å². The number of ether oxygens (including phenoxy) is 1. The number of benzene rings is 2. The van der Waals surface area contributed by atoms with Gasteiger partial charge in [-0.15, -0.1) is 0 Å². The first-order valence-corrected chi connectivity index (χ1v) is 10.8. The molecule has 0 bridgehead atoms. The van der Waals surface area contributed by atoms with E-state index in [2.05, 4.69) is 15.2 Å². The number of amides is 1. The van der Waals surface area contributed by atoms with E-state index in [0.717, 1.165) is 22.3 Å². The van der Waals surface area contributed by atoms with Crippen molar-refractivity contribution in [3.8, 4) is 28.5 Å². The van der Waals surface area contributed by atoms with Gasteiger partial charge in [-0.25, -0.2) is 0 Å². The van der Waals surface area contributed by atoms with E-state index in [4.69, 9.17) is 4.74 Å². The highest BCUT2D eigenvalue weighted by molar-refractivity contribution is 6.00. The predicted octanol–water partition coefficient (Wildman–Crippen LogP) is 4.25. The molecule has 5 rings (SSSR count). The maximum Gasteiger partial charge on any atom is 0.273 e. The lowest BCUT2D eigenvalue weighted by atomic mass is 9.93. The summed E-state index contributed by atoms with van der Waals surface area (Å²) in [7, 11) is 1.48. The number of nitrogens with zero attached hydrogens (tertiary/aromatic N) is 3. The van der Waals surface area contributed by atoms with Crippen molar-refractivity contribution in [2.45, 2.75) is 26.4 Å². The van der Waals surface area contributed by atoms with Gasteiger partial charge in [-0.1, -0.05) is 18.2 Å². The van der Waals surface area contributed by atoms with Crippen molar-refractivity contribution in [3.05, 3.63) is 88.4 Å². The molecule has 0 spiro atoms. The van der Waals surface area contributed by atoms with E-state index in [1.807, 2.05) is 38.1 Å². The molecule has 8 nitrogen and oxygen atoms in total. The lowest BCUT2D eigenvalue weighted by molar-refractivity contribution is 0.0729. The van der Waals surface area contributed by atoms with Crippen LogP contribution in [-0.2, 0) is 6.54 Å². The number of carbonyl (C=O) groups is 1. The molecule has 0 fully saturated rings. The van der Waals surface area contributed by atoms with Crippen molar-refractivity contribution in [1.82, 2.24) is 20.1 Å². The number of H-pyrrole nitrogens is 1. The molecule has 0 aliphatic carbocycles. The van der Waals surface area contributed by atoms with Crippen LogP contribution in [0.2, 0.25) is 0 Å². The number of pyridine rings is 1. The van der Waals surface area contributed by atoms with Crippen LogP contribution in [0.5, 0.6) is 17.2 Å². The molecule has 8 heteroatoms. The lowest BCUT2D eigenvalue weighted by Gasteiger charge is -2.27. The third-order valence-electron chi connectivity index (χ3n) is 6.16. The highest BCUT2D eigenvalue weighted by atomic mass is 16.5. The molecule has 0 radical (unpaired) electrons. The van der Waals surface area contributed by atoms with Gasteiger partial charge < -0.3 is 19.8 Å². The number of phenols is 2. The van der Waals surface area contributed by atoms with Crippen LogP contribution in [0.15, 0.2) is 54.9 Å². The van der Waals surface area contributed by atoms with Crippen LogP contribution in [0.1, 0.15) is 44.3 Å². The fourth-order valence-electron chi connectivity index (χ4n) is 4.60. The zero-order chi connectivity index (χ0) is 24.0. The van der Waals surface area contributed by atoms with Crippen molar-refractivity contribution in [3.63, 3.8) is 0 Å². The topological polar surface area (TPSA) is 112 Å². The van der Waals surface area contributed by atoms with Crippen LogP contribution in [0, 0.1) is 13.8 Å². The number of carbonyl (C=O) groups excluding carboxylic acids is 1. The number of rotatable bonds is 5. The monoisotopic (exact) mass is 456 g/mol. The summed E-state index contributed by atoms with van der Waals surface area (Å²) in [6.07, 6.45) is 3.41. The Kier molecular flexibility index (Phi) is 5.20. The average molecular weight is 457 g/mol. The molecule has 34 heavy (non-hydrogen) atoms. The molecule has 3 heterocycles. The van der Waals surface area contributed by atoms with Gasteiger partial charge in [-0.05, 0) is 60.4 Å². The van der Waals surface area contributed by atoms with E-state index in [9.17, 15) is 15.0 Å². The van der Waals surface area contributed by atoms with Crippen LogP contribution >= 0.6 is 0 Å². The predicted molar refractivity (Wildman–Crippen MR) is 126 cm³/mol. The van der Waals surface area contributed by atoms with Crippen LogP contribution in [-0.4, -0.2) is 43.3 Å². The minimum Gasteiger partial charge on any atom is -0.507 e. The summed E-state index contributed by atoms with van der Waals surface area (Å²) in [6, 6.07) is 12.0. The molecule has 2 aromatic carbocycles. The van der Waals surface area contributed by atoms with E-state index >= 15 is 0 Å². The highest BCUT2D eigenvalue weighted by Gasteiger charge is 2.43. The summed E-state index contributed by atoms with van der Waals surface area (Å²) in [5.41, 5.74) is 5.43. The number of aryl methyl sites for hydroxylation is 2. The average Bonchev–Trinajstić information content (AvgIpc) is 3.37. The van der Waals surface area contributed by atoms with E-state index < -0.39 is 6.04 Å². The summed E-state index contributed by atoms with van der Waals surface area (Å²) in [5.74, 6) is 0.228. The molecule has 4 aromatic rings. The Hall–Kier alpha value is -4.33. The summed E-state index contributed by atoms with van der Waals surface area (Å²) in [6.45, 7) is 4.10. The van der Waals surface area contributed by atoms with Gasteiger partial charge in [0, 0.05) is 30.1 Å². The Morgan fingerprint density at radius 1 is 1.15 bits per heavy atom. The number of aromatic hydroxyl groups is 2. The van der Waals surface area contributed by atoms with Crippen molar-refractivity contribution in [2.24, 2.45) is 0 Å². The second kappa shape index (κ2) is 8.22. The number of hydrogen-bond acceptors (Lipinski definition) is 6. The zero-order valence-corrected chi connectivity index (χ0v) is 19.0. The summed E-state index contributed by atoms with van der Waals surface area (Å²) >= 11 is 0. The molecule has 1 amide bonds. The van der Waals surface area contributed by atoms with Gasteiger partial charge in [0.15, 0.2) is 11.5 Å². The number of aromatic nitrogens is 3. The molecule has 0 saturated carbocycles. The number of nitrogens with one attached hydrogen (secondary N) is 1. The largest absolute Gasteiger partial charge is 0.507 e. The van der Waals surface area contributed by atoms with Gasteiger partial charge in [-0.2, -0.15) is 5.10 Å². The quantitative estimate of drug-likeness (QED) is 0.414. The molecular formula is C26H24N4O4. The lowest BCUT2D eigenvalue weighted by Crippen LogP contribution is -2.29. The van der Waals surface area contributed by atoms with Gasteiger partial charge in [0.2, 0.25) is 0 Å². The zero-order valence-electron chi connectivity index (χ0n) is 19.0. The third kappa shape index (κ3) is 3.44. The molecule has 1 aliphatic rings. The number of fused-ring (bicyclic) bond motifs is 1. The molecule has 0 saturated heterocycles. The van der Waals surface area contributed by atoms with Crippen LogP contribution in [0.4, 0.5) is 0 Å². The fraction of sp³-hybridized carbons (Fsp3) is 0.192. The third-order valence-corrected chi connectivity index (χ3v) is 6.16. The van der Waals surface area contributed by atoms with Gasteiger partial charge in [0.05, 0.1) is 13.2 Å². The Labute approximate surface area is 196 Å². The maximum absolute atomic E-state index is 13.6. The van der Waals surface area contributed by atoms with Gasteiger partial charge in [0.1, 0.15) is 17.1 Å². The fourth-order valence-corrected chi connectivity index (χ4v) is 4.60. The second-order valence-corrected chi connectivity index (χ2v) is 8.47. The van der Waals surface area contributed by atoms with Crippen LogP contribution in [0.3, 0.4) is 0 Å². The molecule has 0 unspecified atom stereocenters. The standard InChI is InChI=1S/C26H24N4O4/c1-14-9-15(2)25(32)18(10-14)22-21-23(29-28-22)26(33)30(13-16-5-4-8-27-12-16)24(21)17-6-7-19(31)20(11-17)34-3/h4-12,24,31-32H,13H2,1-3H3,(H,28,29)/t24-/m1/s1. The van der Waals surface area contributed by atoms with Crippen molar-refractivity contribution >= 4 is 5.91 Å². The summed E-state index contributed by atoms with van der Waals surface area (Å²) in [4.78, 5) is 19.5. The van der Waals surface area contributed by atoms with Crippen molar-refractivity contribution in [2.75, 3.05) is 7.11 Å². The Morgan fingerprint density at radius 2 is 1.97 bits per heavy atom. The van der Waals surface area contributed by atoms with Gasteiger partial charge in [-0.3, -0.25) is 14.9 Å². The van der Waals surface area contributed by atoms with Crippen LogP contribution < -0.4 is 4.74 Å². The number of phenolic OH excluding ortho intramolecular Hbond substituents is 2. The molecule has 1 aliphatic heterocycles. The number of methoxy groups -OCH3 is 1. The first-order chi connectivity index (χ1) is 16.4. The van der Waals surface area contributed by atoms with Crippen LogP contribution in [0.25, 0.3) is 11.3 Å². The summed E-state index contributed by atoms with van der Waals surface area (Å²) < 4.78 is 5.33. The highest BCUT2D eigenvalue weighted by Crippen LogP contribution is 2.46. The number of hydrogen-bond donors (Lipinski definition) is 3. The van der Waals surface area contributed by atoms with Crippen molar-refractivity contribution in [1.29, 1.82) is 0 Å². The van der Waals surface area contributed by atoms with E-state index in [1.54, 1.807) is 35.5 Å². The van der Waals surface area contributed by atoms with Crippen molar-refractivity contribution < 1.29 is 19.7 Å². The SMILES string of the molecule is COc1cc([C@@H]2c3c(-c4cc(C)cc(C)c4O)n[nH]c3C(=O)N2Cc2cccnc2)ccc1O. The minimum atomic E-state index is -0.522. The normalized spacial score (nSPS) is 15.0. The molecule has 2 aromatic heterocycles.